The molecule has 1 aliphatic rings. The van der Waals surface area contributed by atoms with Gasteiger partial charge >= 0.3 is 11.9 Å². The molecule has 0 fully saturated rings. The van der Waals surface area contributed by atoms with Crippen LogP contribution in [0.3, 0.4) is 0 Å². The molecule has 0 radical (unpaired) electrons. The minimum Gasteiger partial charge on any atom is -0.478 e. The third-order valence-corrected chi connectivity index (χ3v) is 7.74. The second-order valence-corrected chi connectivity index (χ2v) is 10.7. The summed E-state index contributed by atoms with van der Waals surface area (Å²) >= 11 is 1.22. The number of furan rings is 1. The topological polar surface area (TPSA) is 111 Å². The van der Waals surface area contributed by atoms with Crippen LogP contribution in [0.1, 0.15) is 66.9 Å². The number of benzene rings is 2. The van der Waals surface area contributed by atoms with Crippen LogP contribution < -0.4 is 14.9 Å². The summed E-state index contributed by atoms with van der Waals surface area (Å²) in [5.74, 6) is -0.162. The minimum atomic E-state index is -1.00. The molecule has 1 atom stereocenters. The van der Waals surface area contributed by atoms with E-state index in [2.05, 4.69) is 18.8 Å². The van der Waals surface area contributed by atoms with E-state index >= 15 is 0 Å². The molecule has 0 aliphatic carbocycles. The number of carbonyl (C=O) groups excluding carboxylic acids is 1. The lowest BCUT2D eigenvalue weighted by Gasteiger charge is -2.25. The Labute approximate surface area is 234 Å². The van der Waals surface area contributed by atoms with Gasteiger partial charge in [-0.05, 0) is 55.2 Å². The van der Waals surface area contributed by atoms with Gasteiger partial charge in [0.2, 0.25) is 0 Å². The molecule has 0 saturated carbocycles. The van der Waals surface area contributed by atoms with E-state index in [4.69, 9.17) is 14.3 Å². The molecule has 0 amide bonds. The SMILES string of the molecule is CCOC(=O)C1=C(C)N=c2s/c(=C\c3ccc(-c4ccc(C(=O)O)cc4)o3)c(=O)n2[C@H]1c1ccc(C(C)C)cc1. The zero-order valence-electron chi connectivity index (χ0n) is 22.5. The first-order valence-electron chi connectivity index (χ1n) is 12.9. The highest BCUT2D eigenvalue weighted by Crippen LogP contribution is 2.31. The van der Waals surface area contributed by atoms with Crippen LogP contribution in [0.5, 0.6) is 0 Å². The van der Waals surface area contributed by atoms with E-state index < -0.39 is 18.0 Å². The number of rotatable bonds is 7. The number of fused-ring (bicyclic) bond motifs is 1. The van der Waals surface area contributed by atoms with E-state index in [1.165, 1.54) is 23.5 Å². The first-order valence-corrected chi connectivity index (χ1v) is 13.7. The molecule has 8 nitrogen and oxygen atoms in total. The first-order chi connectivity index (χ1) is 19.2. The second kappa shape index (κ2) is 10.9. The fourth-order valence-electron chi connectivity index (χ4n) is 4.66. The fourth-order valence-corrected chi connectivity index (χ4v) is 5.69. The van der Waals surface area contributed by atoms with E-state index in [0.29, 0.717) is 43.6 Å². The zero-order valence-corrected chi connectivity index (χ0v) is 23.3. The minimum absolute atomic E-state index is 0.183. The standard InChI is InChI=1S/C31H28N2O6S/c1-5-38-30(37)26-18(4)32-31-33(27(26)21-10-6-19(7-11-21)17(2)3)28(34)25(40-31)16-23-14-15-24(39-23)20-8-12-22(13-9-20)29(35)36/h6-17,27H,5H2,1-4H3,(H,35,36)/b25-16-/t27-/m0/s1. The van der Waals surface area contributed by atoms with Crippen molar-refractivity contribution in [2.45, 2.75) is 39.7 Å². The van der Waals surface area contributed by atoms with Gasteiger partial charge in [0.1, 0.15) is 11.5 Å². The van der Waals surface area contributed by atoms with Crippen LogP contribution in [0.2, 0.25) is 0 Å². The summed E-state index contributed by atoms with van der Waals surface area (Å²) in [6.45, 7) is 7.92. The van der Waals surface area contributed by atoms with Crippen LogP contribution >= 0.6 is 11.3 Å². The number of aromatic carboxylic acids is 1. The summed E-state index contributed by atoms with van der Waals surface area (Å²) in [6.07, 6.45) is 1.65. The molecule has 0 spiro atoms. The Morgan fingerprint density at radius 3 is 2.42 bits per heavy atom. The molecule has 5 rings (SSSR count). The Hall–Kier alpha value is -4.50. The number of thiazole rings is 1. The average molecular weight is 557 g/mol. The van der Waals surface area contributed by atoms with Crippen LogP contribution in [0.4, 0.5) is 0 Å². The molecule has 204 valence electrons. The molecule has 0 unspecified atom stereocenters. The fraction of sp³-hybridized carbons (Fsp3) is 0.226. The first kappa shape index (κ1) is 27.1. The predicted molar refractivity (Wildman–Crippen MR) is 152 cm³/mol. The smallest absolute Gasteiger partial charge is 0.338 e. The number of hydrogen-bond acceptors (Lipinski definition) is 7. The summed E-state index contributed by atoms with van der Waals surface area (Å²) in [5, 5.41) is 9.13. The van der Waals surface area contributed by atoms with Crippen molar-refractivity contribution in [1.29, 1.82) is 0 Å². The van der Waals surface area contributed by atoms with Crippen molar-refractivity contribution in [1.82, 2.24) is 4.57 Å². The van der Waals surface area contributed by atoms with E-state index in [1.54, 1.807) is 48.8 Å². The largest absolute Gasteiger partial charge is 0.478 e. The van der Waals surface area contributed by atoms with Gasteiger partial charge < -0.3 is 14.3 Å². The third-order valence-electron chi connectivity index (χ3n) is 6.75. The van der Waals surface area contributed by atoms with Gasteiger partial charge in [-0.3, -0.25) is 9.36 Å². The summed E-state index contributed by atoms with van der Waals surface area (Å²) in [6, 6.07) is 17.1. The van der Waals surface area contributed by atoms with Gasteiger partial charge in [0.05, 0.1) is 34.0 Å². The van der Waals surface area contributed by atoms with Gasteiger partial charge in [0.15, 0.2) is 4.80 Å². The summed E-state index contributed by atoms with van der Waals surface area (Å²) < 4.78 is 13.3. The molecule has 3 heterocycles. The molecule has 1 aliphatic heterocycles. The van der Waals surface area contributed by atoms with E-state index in [9.17, 15) is 14.4 Å². The Morgan fingerprint density at radius 2 is 1.80 bits per heavy atom. The summed E-state index contributed by atoms with van der Waals surface area (Å²) in [4.78, 5) is 43.1. The number of esters is 1. The normalized spacial score (nSPS) is 15.2. The van der Waals surface area contributed by atoms with E-state index in [0.717, 1.165) is 11.1 Å². The van der Waals surface area contributed by atoms with Gasteiger partial charge in [-0.2, -0.15) is 0 Å². The van der Waals surface area contributed by atoms with Crippen LogP contribution in [0, 0.1) is 0 Å². The molecule has 0 bridgehead atoms. The third kappa shape index (κ3) is 5.08. The molecule has 2 aromatic carbocycles. The lowest BCUT2D eigenvalue weighted by Crippen LogP contribution is -2.39. The number of hydrogen-bond donors (Lipinski definition) is 1. The predicted octanol–water partition coefficient (Wildman–Crippen LogP) is 4.88. The van der Waals surface area contributed by atoms with E-state index in [-0.39, 0.29) is 17.7 Å². The number of ether oxygens (including phenoxy) is 1. The lowest BCUT2D eigenvalue weighted by molar-refractivity contribution is -0.139. The highest BCUT2D eigenvalue weighted by Gasteiger charge is 2.33. The van der Waals surface area contributed by atoms with Crippen LogP contribution in [-0.2, 0) is 9.53 Å². The Bertz CT molecular complexity index is 1800. The molecule has 4 aromatic rings. The maximum atomic E-state index is 13.8. The maximum absolute atomic E-state index is 13.8. The van der Waals surface area contributed by atoms with Crippen molar-refractivity contribution >= 4 is 29.4 Å². The van der Waals surface area contributed by atoms with Gasteiger partial charge in [-0.25, -0.2) is 14.6 Å². The van der Waals surface area contributed by atoms with Crippen molar-refractivity contribution < 1.29 is 23.8 Å². The number of allylic oxidation sites excluding steroid dienone is 1. The van der Waals surface area contributed by atoms with Crippen LogP contribution in [0.25, 0.3) is 17.4 Å². The van der Waals surface area contributed by atoms with Crippen molar-refractivity contribution in [3.8, 4) is 11.3 Å². The van der Waals surface area contributed by atoms with Gasteiger partial charge in [0, 0.05) is 11.6 Å². The van der Waals surface area contributed by atoms with Gasteiger partial charge in [-0.15, -0.1) is 0 Å². The number of carboxylic acid groups (broad SMARTS) is 1. The van der Waals surface area contributed by atoms with Crippen molar-refractivity contribution in [2.75, 3.05) is 6.61 Å². The van der Waals surface area contributed by atoms with Crippen LogP contribution in [0.15, 0.2) is 86.1 Å². The van der Waals surface area contributed by atoms with Crippen LogP contribution in [-0.4, -0.2) is 28.2 Å². The lowest BCUT2D eigenvalue weighted by atomic mass is 9.93. The molecule has 40 heavy (non-hydrogen) atoms. The van der Waals surface area contributed by atoms with E-state index in [1.807, 2.05) is 24.3 Å². The number of carboxylic acids is 1. The highest BCUT2D eigenvalue weighted by molar-refractivity contribution is 7.07. The molecule has 0 saturated heterocycles. The van der Waals surface area contributed by atoms with Crippen molar-refractivity contribution in [2.24, 2.45) is 4.99 Å². The van der Waals surface area contributed by atoms with Crippen molar-refractivity contribution in [3.05, 3.63) is 114 Å². The molecule has 2 aromatic heterocycles. The summed E-state index contributed by atoms with van der Waals surface area (Å²) in [5.41, 5.74) is 3.39. The number of nitrogens with zero attached hydrogens (tertiary/aromatic N) is 2. The molecular formula is C31H28N2O6S. The maximum Gasteiger partial charge on any atom is 0.338 e. The second-order valence-electron chi connectivity index (χ2n) is 9.71. The zero-order chi connectivity index (χ0) is 28.6. The van der Waals surface area contributed by atoms with Gasteiger partial charge in [-0.1, -0.05) is 61.6 Å². The number of carbonyl (C=O) groups is 2. The van der Waals surface area contributed by atoms with Crippen molar-refractivity contribution in [3.63, 3.8) is 0 Å². The average Bonchev–Trinajstić information content (AvgIpc) is 3.52. The molecular weight excluding hydrogens is 528 g/mol. The highest BCUT2D eigenvalue weighted by atomic mass is 32.1. The number of aromatic nitrogens is 1. The summed E-state index contributed by atoms with van der Waals surface area (Å²) in [7, 11) is 0. The molecule has 9 heteroatoms. The Balaban J connectivity index is 1.59. The molecule has 1 N–H and O–H groups in total. The Morgan fingerprint density at radius 1 is 1.10 bits per heavy atom. The monoisotopic (exact) mass is 556 g/mol. The van der Waals surface area contributed by atoms with Gasteiger partial charge in [0.25, 0.3) is 5.56 Å². The Kier molecular flexibility index (Phi) is 7.40. The quantitative estimate of drug-likeness (QED) is 0.325.